The van der Waals surface area contributed by atoms with Gasteiger partial charge in [0.15, 0.2) is 5.82 Å². The van der Waals surface area contributed by atoms with Crippen molar-refractivity contribution in [2.75, 3.05) is 7.05 Å². The quantitative estimate of drug-likeness (QED) is 0.917. The fraction of sp³-hybridized carbons (Fsp3) is 0.867. The molecule has 0 radical (unpaired) electrons. The molecule has 5 heteroatoms. The molecule has 0 spiro atoms. The topological polar surface area (TPSA) is 54.2 Å². The van der Waals surface area contributed by atoms with Crippen molar-refractivity contribution in [2.45, 2.75) is 76.5 Å². The summed E-state index contributed by atoms with van der Waals surface area (Å²) < 4.78 is 5.37. The van der Waals surface area contributed by atoms with Crippen molar-refractivity contribution in [3.63, 3.8) is 0 Å². The highest BCUT2D eigenvalue weighted by atomic mass is 16.5. The molecule has 3 heterocycles. The van der Waals surface area contributed by atoms with Crippen molar-refractivity contribution in [1.29, 1.82) is 0 Å². The summed E-state index contributed by atoms with van der Waals surface area (Å²) >= 11 is 0. The van der Waals surface area contributed by atoms with Crippen molar-refractivity contribution in [3.05, 3.63) is 11.7 Å². The number of aromatic nitrogens is 2. The summed E-state index contributed by atoms with van der Waals surface area (Å²) in [6.45, 7) is 7.07. The molecule has 2 bridgehead atoms. The Hall–Kier alpha value is -0.940. The van der Waals surface area contributed by atoms with Crippen molar-refractivity contribution in [2.24, 2.45) is 0 Å². The molecule has 1 N–H and O–H groups in total. The van der Waals surface area contributed by atoms with Crippen LogP contribution >= 0.6 is 0 Å². The summed E-state index contributed by atoms with van der Waals surface area (Å²) in [6.07, 6.45) is 5.17. The van der Waals surface area contributed by atoms with Crippen molar-refractivity contribution in [3.8, 4) is 0 Å². The van der Waals surface area contributed by atoms with Crippen molar-refractivity contribution in [1.82, 2.24) is 20.4 Å². The predicted octanol–water partition coefficient (Wildman–Crippen LogP) is 2.08. The van der Waals surface area contributed by atoms with Gasteiger partial charge < -0.3 is 9.84 Å². The van der Waals surface area contributed by atoms with Crippen LogP contribution < -0.4 is 5.32 Å². The number of nitrogens with one attached hydrogen (secondary N) is 1. The van der Waals surface area contributed by atoms with E-state index in [1.54, 1.807) is 0 Å². The maximum Gasteiger partial charge on any atom is 0.232 e. The van der Waals surface area contributed by atoms with Gasteiger partial charge in [-0.2, -0.15) is 4.98 Å². The van der Waals surface area contributed by atoms with Gasteiger partial charge in [-0.05, 0) is 32.7 Å². The van der Waals surface area contributed by atoms with E-state index in [0.717, 1.165) is 30.3 Å². The van der Waals surface area contributed by atoms with Gasteiger partial charge in [0.1, 0.15) is 0 Å². The van der Waals surface area contributed by atoms with Gasteiger partial charge in [0.25, 0.3) is 0 Å². The van der Waals surface area contributed by atoms with Crippen molar-refractivity contribution >= 4 is 0 Å². The largest absolute Gasteiger partial charge is 0.339 e. The predicted molar refractivity (Wildman–Crippen MR) is 77.4 cm³/mol. The molecule has 2 unspecified atom stereocenters. The zero-order valence-corrected chi connectivity index (χ0v) is 13.0. The normalized spacial score (nSPS) is 30.1. The number of hydrogen-bond donors (Lipinski definition) is 1. The summed E-state index contributed by atoms with van der Waals surface area (Å²) in [6, 6.07) is 2.08. The Balaban J connectivity index is 1.61. The average molecular weight is 278 g/mol. The molecule has 3 rings (SSSR count). The molecule has 0 saturated carbocycles. The number of rotatable bonds is 3. The molecule has 5 nitrogen and oxygen atoms in total. The first-order chi connectivity index (χ1) is 9.41. The third-order valence-corrected chi connectivity index (χ3v) is 4.57. The summed E-state index contributed by atoms with van der Waals surface area (Å²) in [5, 5.41) is 7.81. The van der Waals surface area contributed by atoms with Crippen LogP contribution in [0.4, 0.5) is 0 Å². The van der Waals surface area contributed by atoms with Crippen LogP contribution in [0, 0.1) is 0 Å². The summed E-state index contributed by atoms with van der Waals surface area (Å²) in [4.78, 5) is 6.93. The van der Waals surface area contributed by atoms with Gasteiger partial charge in [-0.25, -0.2) is 0 Å². The first-order valence-electron chi connectivity index (χ1n) is 7.71. The maximum absolute atomic E-state index is 5.37. The number of fused-ring (bicyclic) bond motifs is 2. The Morgan fingerprint density at radius 2 is 1.90 bits per heavy atom. The highest BCUT2D eigenvalue weighted by Crippen LogP contribution is 2.29. The Morgan fingerprint density at radius 3 is 2.45 bits per heavy atom. The fourth-order valence-electron chi connectivity index (χ4n) is 3.36. The standard InChI is InChI=1S/C15H26N4O/c1-15(2,3)14-17-13(18-20-14)9-19(4)12-7-10-5-6-11(8-12)16-10/h10-12,16H,5-9H2,1-4H3. The second kappa shape index (κ2) is 5.11. The van der Waals surface area contributed by atoms with E-state index in [9.17, 15) is 0 Å². The Kier molecular flexibility index (Phi) is 3.58. The zero-order chi connectivity index (χ0) is 14.3. The summed E-state index contributed by atoms with van der Waals surface area (Å²) in [5.74, 6) is 1.54. The number of hydrogen-bond acceptors (Lipinski definition) is 5. The Morgan fingerprint density at radius 1 is 1.25 bits per heavy atom. The first kappa shape index (κ1) is 14.0. The van der Waals surface area contributed by atoms with Gasteiger partial charge in [-0.1, -0.05) is 25.9 Å². The molecule has 2 fully saturated rings. The van der Waals surface area contributed by atoms with Crippen LogP contribution in [0.1, 0.15) is 58.2 Å². The van der Waals surface area contributed by atoms with Crippen molar-refractivity contribution < 1.29 is 4.52 Å². The minimum Gasteiger partial charge on any atom is -0.339 e. The smallest absolute Gasteiger partial charge is 0.232 e. The van der Waals surface area contributed by atoms with E-state index in [4.69, 9.17) is 4.52 Å². The van der Waals surface area contributed by atoms with Crippen LogP contribution in [0.25, 0.3) is 0 Å². The van der Waals surface area contributed by atoms with E-state index in [1.807, 2.05) is 0 Å². The molecule has 20 heavy (non-hydrogen) atoms. The SMILES string of the molecule is CN(Cc1noc(C(C)(C)C)n1)C1CC2CCC(C1)N2. The highest BCUT2D eigenvalue weighted by molar-refractivity contribution is 4.99. The number of nitrogens with zero attached hydrogens (tertiary/aromatic N) is 3. The average Bonchev–Trinajstić information content (AvgIpc) is 2.96. The summed E-state index contributed by atoms with van der Waals surface area (Å²) in [5.41, 5.74) is -0.0717. The molecule has 1 aromatic heterocycles. The lowest BCUT2D eigenvalue weighted by Crippen LogP contribution is -2.46. The van der Waals surface area contributed by atoms with Crippen LogP contribution in [0.15, 0.2) is 4.52 Å². The first-order valence-corrected chi connectivity index (χ1v) is 7.71. The zero-order valence-electron chi connectivity index (χ0n) is 13.0. The van der Waals surface area contributed by atoms with Gasteiger partial charge in [0.2, 0.25) is 5.89 Å². The molecule has 112 valence electrons. The van der Waals surface area contributed by atoms with E-state index in [-0.39, 0.29) is 5.41 Å². The third kappa shape index (κ3) is 2.88. The van der Waals surface area contributed by atoms with Crippen LogP contribution in [0.5, 0.6) is 0 Å². The Labute approximate surface area is 121 Å². The van der Waals surface area contributed by atoms with E-state index in [2.05, 4.69) is 48.2 Å². The lowest BCUT2D eigenvalue weighted by molar-refractivity contribution is 0.161. The monoisotopic (exact) mass is 278 g/mol. The lowest BCUT2D eigenvalue weighted by Gasteiger charge is -2.35. The van der Waals surface area contributed by atoms with E-state index in [1.165, 1.54) is 25.7 Å². The summed E-state index contributed by atoms with van der Waals surface area (Å²) in [7, 11) is 2.18. The van der Waals surface area contributed by atoms with Gasteiger partial charge in [-0.3, -0.25) is 4.90 Å². The van der Waals surface area contributed by atoms with E-state index < -0.39 is 0 Å². The molecule has 0 aliphatic carbocycles. The van der Waals surface area contributed by atoms with Gasteiger partial charge in [0.05, 0.1) is 6.54 Å². The van der Waals surface area contributed by atoms with Gasteiger partial charge >= 0.3 is 0 Å². The second-order valence-electron chi connectivity index (χ2n) is 7.44. The van der Waals surface area contributed by atoms with Gasteiger partial charge in [-0.15, -0.1) is 0 Å². The molecule has 0 aromatic carbocycles. The molecular weight excluding hydrogens is 252 g/mol. The molecule has 2 aliphatic rings. The van der Waals surface area contributed by atoms with E-state index in [0.29, 0.717) is 6.04 Å². The minimum atomic E-state index is -0.0717. The van der Waals surface area contributed by atoms with Crippen LogP contribution in [0.2, 0.25) is 0 Å². The third-order valence-electron chi connectivity index (χ3n) is 4.57. The molecule has 1 aromatic rings. The molecule has 2 aliphatic heterocycles. The second-order valence-corrected chi connectivity index (χ2v) is 7.44. The fourth-order valence-corrected chi connectivity index (χ4v) is 3.36. The van der Waals surface area contributed by atoms with E-state index >= 15 is 0 Å². The highest BCUT2D eigenvalue weighted by Gasteiger charge is 2.35. The van der Waals surface area contributed by atoms with Crippen LogP contribution in [-0.2, 0) is 12.0 Å². The molecular formula is C15H26N4O. The minimum absolute atomic E-state index is 0.0717. The number of piperidine rings is 1. The lowest BCUT2D eigenvalue weighted by atomic mass is 9.97. The Bertz CT molecular complexity index is 453. The van der Waals surface area contributed by atoms with Gasteiger partial charge in [0, 0.05) is 23.5 Å². The maximum atomic E-state index is 5.37. The van der Waals surface area contributed by atoms with Crippen LogP contribution in [0.3, 0.4) is 0 Å². The molecule has 2 saturated heterocycles. The molecule has 0 amide bonds. The van der Waals surface area contributed by atoms with Crippen LogP contribution in [-0.4, -0.2) is 40.2 Å². The molecule has 2 atom stereocenters.